The number of benzene rings is 1. The highest BCUT2D eigenvalue weighted by Crippen LogP contribution is 2.40. The Labute approximate surface area is 163 Å². The molecule has 2 aromatic rings. The van der Waals surface area contributed by atoms with Crippen molar-refractivity contribution in [3.8, 4) is 11.1 Å². The van der Waals surface area contributed by atoms with Crippen LogP contribution < -0.4 is 10.9 Å². The van der Waals surface area contributed by atoms with Crippen LogP contribution in [0.25, 0.3) is 11.1 Å². The van der Waals surface area contributed by atoms with Crippen molar-refractivity contribution in [2.75, 3.05) is 13.1 Å². The van der Waals surface area contributed by atoms with Crippen LogP contribution in [0.5, 0.6) is 0 Å². The van der Waals surface area contributed by atoms with Crippen molar-refractivity contribution < 1.29 is 4.79 Å². The van der Waals surface area contributed by atoms with Crippen LogP contribution in [-0.2, 0) is 6.54 Å². The number of nitrogens with zero attached hydrogens (tertiary/aromatic N) is 2. The standard InChI is InChI=1S/C21H24ClN3O2/c1-13(2)23-21(27)24-10-14-9-16(12-24)20-18(7-8-19(26)25(20)11-14)15-3-5-17(22)6-4-15/h3-8,13-14,16H,9-12H2,1-2H3,(H,23,27). The fourth-order valence-corrected chi connectivity index (χ4v) is 4.52. The summed E-state index contributed by atoms with van der Waals surface area (Å²) in [6, 6.07) is 11.4. The molecule has 2 aliphatic rings. The van der Waals surface area contributed by atoms with E-state index in [2.05, 4.69) is 5.32 Å². The normalized spacial score (nSPS) is 21.1. The number of halogens is 1. The molecule has 0 radical (unpaired) electrons. The molecule has 5 nitrogen and oxygen atoms in total. The Morgan fingerprint density at radius 2 is 1.85 bits per heavy atom. The largest absolute Gasteiger partial charge is 0.336 e. The molecule has 0 spiro atoms. The second-order valence-electron chi connectivity index (χ2n) is 7.90. The number of likely N-dealkylation sites (tertiary alicyclic amines) is 1. The third-order valence-corrected chi connectivity index (χ3v) is 5.70. The zero-order valence-corrected chi connectivity index (χ0v) is 16.4. The van der Waals surface area contributed by atoms with Crippen molar-refractivity contribution >= 4 is 17.6 Å². The fourth-order valence-electron chi connectivity index (χ4n) is 4.39. The monoisotopic (exact) mass is 385 g/mol. The summed E-state index contributed by atoms with van der Waals surface area (Å²) in [6.07, 6.45) is 1.01. The number of fused-ring (bicyclic) bond motifs is 4. The van der Waals surface area contributed by atoms with E-state index in [1.165, 1.54) is 0 Å². The van der Waals surface area contributed by atoms with Crippen LogP contribution in [0.15, 0.2) is 41.2 Å². The fraction of sp³-hybridized carbons (Fsp3) is 0.429. The van der Waals surface area contributed by atoms with Crippen LogP contribution in [0, 0.1) is 5.92 Å². The summed E-state index contributed by atoms with van der Waals surface area (Å²) >= 11 is 6.04. The number of pyridine rings is 1. The lowest BCUT2D eigenvalue weighted by Gasteiger charge is -2.43. The first-order valence-corrected chi connectivity index (χ1v) is 9.85. The predicted molar refractivity (Wildman–Crippen MR) is 107 cm³/mol. The SMILES string of the molecule is CC(C)NC(=O)N1CC2CC(C1)c1c(-c3ccc(Cl)cc3)ccc(=O)n1C2. The molecule has 4 rings (SSSR count). The number of hydrogen-bond donors (Lipinski definition) is 1. The van der Waals surface area contributed by atoms with E-state index in [1.54, 1.807) is 6.07 Å². The van der Waals surface area contributed by atoms with Gasteiger partial charge in [-0.2, -0.15) is 0 Å². The van der Waals surface area contributed by atoms with Crippen molar-refractivity contribution in [2.24, 2.45) is 5.92 Å². The van der Waals surface area contributed by atoms with Gasteiger partial charge in [-0.25, -0.2) is 4.79 Å². The van der Waals surface area contributed by atoms with Gasteiger partial charge in [-0.15, -0.1) is 0 Å². The number of hydrogen-bond acceptors (Lipinski definition) is 2. The van der Waals surface area contributed by atoms with E-state index in [-0.39, 0.29) is 23.6 Å². The van der Waals surface area contributed by atoms with E-state index >= 15 is 0 Å². The van der Waals surface area contributed by atoms with E-state index in [9.17, 15) is 9.59 Å². The molecule has 1 fully saturated rings. The topological polar surface area (TPSA) is 54.3 Å². The van der Waals surface area contributed by atoms with Gasteiger partial charge in [-0.3, -0.25) is 4.79 Å². The molecule has 2 aliphatic heterocycles. The molecule has 2 bridgehead atoms. The van der Waals surface area contributed by atoms with Crippen molar-refractivity contribution in [3.05, 3.63) is 57.5 Å². The van der Waals surface area contributed by atoms with Gasteiger partial charge in [0.2, 0.25) is 0 Å². The molecule has 2 atom stereocenters. The summed E-state index contributed by atoms with van der Waals surface area (Å²) in [5.41, 5.74) is 3.19. The van der Waals surface area contributed by atoms with Gasteiger partial charge in [-0.1, -0.05) is 23.7 Å². The highest BCUT2D eigenvalue weighted by Gasteiger charge is 2.37. The van der Waals surface area contributed by atoms with Gasteiger partial charge < -0.3 is 14.8 Å². The first-order valence-electron chi connectivity index (χ1n) is 9.47. The van der Waals surface area contributed by atoms with Gasteiger partial charge in [0, 0.05) is 53.9 Å². The number of carbonyl (C=O) groups is 1. The second-order valence-corrected chi connectivity index (χ2v) is 8.33. The minimum Gasteiger partial charge on any atom is -0.336 e. The van der Waals surface area contributed by atoms with E-state index in [4.69, 9.17) is 11.6 Å². The first kappa shape index (κ1) is 18.1. The molecule has 27 heavy (non-hydrogen) atoms. The van der Waals surface area contributed by atoms with Crippen molar-refractivity contribution in [1.29, 1.82) is 0 Å². The molecule has 0 aliphatic carbocycles. The van der Waals surface area contributed by atoms with Gasteiger partial charge in [0.25, 0.3) is 5.56 Å². The third-order valence-electron chi connectivity index (χ3n) is 5.44. The average molecular weight is 386 g/mol. The molecule has 2 amide bonds. The van der Waals surface area contributed by atoms with E-state index in [0.717, 1.165) is 23.2 Å². The van der Waals surface area contributed by atoms with E-state index in [1.807, 2.05) is 53.6 Å². The van der Waals surface area contributed by atoms with E-state index < -0.39 is 0 Å². The molecule has 1 aromatic heterocycles. The molecule has 142 valence electrons. The molecule has 0 saturated carbocycles. The quantitative estimate of drug-likeness (QED) is 0.856. The Hall–Kier alpha value is -2.27. The molecule has 2 unspecified atom stereocenters. The van der Waals surface area contributed by atoms with Gasteiger partial charge in [0.15, 0.2) is 0 Å². The Morgan fingerprint density at radius 1 is 1.11 bits per heavy atom. The lowest BCUT2D eigenvalue weighted by molar-refractivity contribution is 0.130. The summed E-state index contributed by atoms with van der Waals surface area (Å²) < 4.78 is 1.92. The Bertz CT molecular complexity index is 920. The van der Waals surface area contributed by atoms with Gasteiger partial charge in [-0.05, 0) is 49.9 Å². The lowest BCUT2D eigenvalue weighted by atomic mass is 9.80. The second kappa shape index (κ2) is 7.04. The van der Waals surface area contributed by atoms with Crippen LogP contribution in [-0.4, -0.2) is 34.6 Å². The zero-order valence-electron chi connectivity index (χ0n) is 15.6. The number of urea groups is 1. The zero-order chi connectivity index (χ0) is 19.1. The molecule has 1 saturated heterocycles. The van der Waals surface area contributed by atoms with E-state index in [0.29, 0.717) is 30.6 Å². The Balaban J connectivity index is 1.73. The molecule has 1 N–H and O–H groups in total. The molecular weight excluding hydrogens is 362 g/mol. The summed E-state index contributed by atoms with van der Waals surface area (Å²) in [5, 5.41) is 3.68. The smallest absolute Gasteiger partial charge is 0.317 e. The summed E-state index contributed by atoms with van der Waals surface area (Å²) in [6.45, 7) is 5.94. The van der Waals surface area contributed by atoms with Gasteiger partial charge in [0.1, 0.15) is 0 Å². The number of piperidine rings is 1. The van der Waals surface area contributed by atoms with Crippen LogP contribution in [0.4, 0.5) is 4.79 Å². The number of amides is 2. The third kappa shape index (κ3) is 3.48. The van der Waals surface area contributed by atoms with Crippen molar-refractivity contribution in [3.63, 3.8) is 0 Å². The highest BCUT2D eigenvalue weighted by molar-refractivity contribution is 6.30. The number of nitrogens with one attached hydrogen (secondary N) is 1. The Kier molecular flexibility index (Phi) is 4.72. The van der Waals surface area contributed by atoms with Crippen LogP contribution in [0.1, 0.15) is 31.9 Å². The van der Waals surface area contributed by atoms with Gasteiger partial charge in [0.05, 0.1) is 0 Å². The first-order chi connectivity index (χ1) is 12.9. The maximum absolute atomic E-state index is 12.5. The minimum atomic E-state index is -0.0144. The summed E-state index contributed by atoms with van der Waals surface area (Å²) in [4.78, 5) is 27.0. The molecule has 6 heteroatoms. The average Bonchev–Trinajstić information content (AvgIpc) is 2.63. The number of carbonyl (C=O) groups excluding carboxylic acids is 1. The lowest BCUT2D eigenvalue weighted by Crippen LogP contribution is -2.53. The molecule has 1 aromatic carbocycles. The van der Waals surface area contributed by atoms with Crippen LogP contribution >= 0.6 is 11.6 Å². The predicted octanol–water partition coefficient (Wildman–Crippen LogP) is 3.71. The van der Waals surface area contributed by atoms with Crippen molar-refractivity contribution in [2.45, 2.75) is 38.8 Å². The molecular formula is C21H24ClN3O2. The Morgan fingerprint density at radius 3 is 2.56 bits per heavy atom. The van der Waals surface area contributed by atoms with Crippen LogP contribution in [0.2, 0.25) is 5.02 Å². The maximum Gasteiger partial charge on any atom is 0.317 e. The summed E-state index contributed by atoms with van der Waals surface area (Å²) in [5.74, 6) is 0.474. The van der Waals surface area contributed by atoms with Gasteiger partial charge >= 0.3 is 6.03 Å². The molecule has 3 heterocycles. The highest BCUT2D eigenvalue weighted by atomic mass is 35.5. The number of aromatic nitrogens is 1. The minimum absolute atomic E-state index is 0.0144. The number of rotatable bonds is 2. The summed E-state index contributed by atoms with van der Waals surface area (Å²) in [7, 11) is 0. The van der Waals surface area contributed by atoms with Crippen molar-refractivity contribution in [1.82, 2.24) is 14.8 Å². The van der Waals surface area contributed by atoms with Crippen LogP contribution in [0.3, 0.4) is 0 Å². The maximum atomic E-state index is 12.5.